The van der Waals surface area contributed by atoms with Crippen molar-refractivity contribution >= 4 is 41.8 Å². The van der Waals surface area contributed by atoms with Crippen molar-refractivity contribution < 1.29 is 67.1 Å². The van der Waals surface area contributed by atoms with E-state index in [2.05, 4.69) is 10.6 Å². The molecule has 2 aromatic rings. The monoisotopic (exact) mass is 913 g/mol. The van der Waals surface area contributed by atoms with Gasteiger partial charge in [-0.05, 0) is 87.8 Å². The minimum atomic E-state index is -1.47. The molecular weight excluding hydrogens is 855 g/mol. The summed E-state index contributed by atoms with van der Waals surface area (Å²) in [6.45, 7) is 8.63. The van der Waals surface area contributed by atoms with Gasteiger partial charge < -0.3 is 44.2 Å². The Morgan fingerprint density at radius 3 is 2.38 bits per heavy atom. The van der Waals surface area contributed by atoms with Gasteiger partial charge in [0.25, 0.3) is 5.91 Å². The zero-order valence-corrected chi connectivity index (χ0v) is 37.9. The van der Waals surface area contributed by atoms with Gasteiger partial charge in [-0.3, -0.25) is 24.0 Å². The molecule has 0 unspecified atom stereocenters. The largest absolute Gasteiger partial charge is 0.462 e. The van der Waals surface area contributed by atoms with E-state index in [4.69, 9.17) is 33.3 Å². The highest BCUT2D eigenvalue weighted by atomic mass is 16.8. The number of nitrogens with one attached hydrogen (secondary N) is 2. The zero-order valence-electron chi connectivity index (χ0n) is 37.9. The molecule has 17 nitrogen and oxygen atoms in total. The minimum Gasteiger partial charge on any atom is -0.462 e. The molecular formula is C49H59N3O14. The van der Waals surface area contributed by atoms with Gasteiger partial charge in [0.15, 0.2) is 11.8 Å². The Kier molecular flexibility index (Phi) is 12.2. The maximum atomic E-state index is 15.1. The third-order valence-electron chi connectivity index (χ3n) is 13.7. The van der Waals surface area contributed by atoms with E-state index in [0.29, 0.717) is 16.7 Å². The van der Waals surface area contributed by atoms with Gasteiger partial charge in [0.1, 0.15) is 42.0 Å². The molecule has 0 aromatic heterocycles. The van der Waals surface area contributed by atoms with Crippen molar-refractivity contribution in [3.05, 3.63) is 76.9 Å². The number of amides is 2. The fourth-order valence-electron chi connectivity index (χ4n) is 10.3. The van der Waals surface area contributed by atoms with Crippen LogP contribution in [-0.4, -0.2) is 113 Å². The molecule has 2 aromatic carbocycles. The van der Waals surface area contributed by atoms with Crippen LogP contribution >= 0.6 is 0 Å². The molecule has 4 heterocycles. The average molecular weight is 914 g/mol. The van der Waals surface area contributed by atoms with E-state index >= 15 is 4.79 Å². The second-order valence-electron chi connectivity index (χ2n) is 20.5. The van der Waals surface area contributed by atoms with Gasteiger partial charge in [-0.25, -0.2) is 9.59 Å². The highest BCUT2D eigenvalue weighted by Crippen LogP contribution is 2.64. The number of cyclic esters (lactones) is 1. The first-order chi connectivity index (χ1) is 31.4. The van der Waals surface area contributed by atoms with Crippen LogP contribution in [0.4, 0.5) is 0 Å². The molecule has 0 radical (unpaired) electrons. The Morgan fingerprint density at radius 1 is 0.970 bits per heavy atom. The standard InChI is InChI=1S/C49H59N3O14/c1-46(2,3)63-36(55)20-18-33(25-53)51-42(56)29-12-8-9-27(21-29)23-50-45(59)48-22-34-37-38(65-49(64-37,31-14-15-31)32-16-17-32)40(48)66-52(39(48)43(57)61-34)24-30-11-7-6-10-28(30)13-19-35(54)62-41-44(58)60-26-47(41,4)5/h6-13,19,21,31-34,37-41,53H,14-18,20,22-26H2,1-5H3,(H,50,59)(H,51,56)/t33-,34+,37-,38-,39-,40+,41-,48-/m0/s1. The van der Waals surface area contributed by atoms with Crippen LogP contribution in [0.25, 0.3) is 6.08 Å². The number of fused-ring (bicyclic) bond motifs is 4. The van der Waals surface area contributed by atoms with Gasteiger partial charge in [-0.2, -0.15) is 5.06 Å². The zero-order chi connectivity index (χ0) is 46.8. The Hall–Kier alpha value is -5.20. The Bertz CT molecular complexity index is 2290. The molecule has 4 saturated heterocycles. The quantitative estimate of drug-likeness (QED) is 0.124. The van der Waals surface area contributed by atoms with Gasteiger partial charge in [0.2, 0.25) is 12.0 Å². The summed E-state index contributed by atoms with van der Waals surface area (Å²) < 4.78 is 36.0. The number of esters is 4. The molecule has 8 atom stereocenters. The van der Waals surface area contributed by atoms with Crippen LogP contribution in [0.2, 0.25) is 0 Å². The highest BCUT2D eigenvalue weighted by molar-refractivity contribution is 5.95. The maximum absolute atomic E-state index is 15.1. The number of hydrogen-bond donors (Lipinski definition) is 3. The first kappa shape index (κ1) is 45.9. The molecule has 66 heavy (non-hydrogen) atoms. The summed E-state index contributed by atoms with van der Waals surface area (Å²) in [6.07, 6.45) is 2.80. The molecule has 4 aliphatic heterocycles. The van der Waals surface area contributed by atoms with Gasteiger partial charge in [-0.1, -0.05) is 50.2 Å². The molecule has 9 rings (SSSR count). The first-order valence-electron chi connectivity index (χ1n) is 23.0. The van der Waals surface area contributed by atoms with E-state index in [9.17, 15) is 29.1 Å². The number of hydroxylamine groups is 2. The van der Waals surface area contributed by atoms with Crippen molar-refractivity contribution in [1.82, 2.24) is 15.7 Å². The molecule has 354 valence electrons. The van der Waals surface area contributed by atoms with Crippen molar-refractivity contribution in [1.29, 1.82) is 0 Å². The van der Waals surface area contributed by atoms with Crippen LogP contribution in [0, 0.1) is 22.7 Å². The second kappa shape index (κ2) is 17.5. The number of carbonyl (C=O) groups excluding carboxylic acids is 6. The summed E-state index contributed by atoms with van der Waals surface area (Å²) in [4.78, 5) is 87.2. The SMILES string of the molecule is CC(C)(C)OC(=O)CC[C@@H](CO)NC(=O)c1cccc(CNC(=O)[C@@]23C[C@H]4OC(=O)[C@@H]2N(Cc2ccccc2C=CC(=O)O[C@H]2C(=O)OCC2(C)C)O[C@@H]3[C@H]2OC(C3CC3)(C3CC3)O[C@H]24)c1. The topological polar surface area (TPSA) is 215 Å². The van der Waals surface area contributed by atoms with Crippen molar-refractivity contribution in [2.24, 2.45) is 22.7 Å². The Morgan fingerprint density at radius 2 is 1.70 bits per heavy atom. The van der Waals surface area contributed by atoms with Crippen molar-refractivity contribution in [3.8, 4) is 0 Å². The second-order valence-corrected chi connectivity index (χ2v) is 20.5. The van der Waals surface area contributed by atoms with Crippen LogP contribution in [0.1, 0.15) is 107 Å². The van der Waals surface area contributed by atoms with Crippen LogP contribution in [0.5, 0.6) is 0 Å². The summed E-state index contributed by atoms with van der Waals surface area (Å²) >= 11 is 0. The predicted octanol–water partition coefficient (Wildman–Crippen LogP) is 3.82. The number of hydrogen-bond acceptors (Lipinski definition) is 15. The molecule has 2 amide bonds. The number of aliphatic hydroxyl groups is 1. The summed E-state index contributed by atoms with van der Waals surface area (Å²) in [5, 5.41) is 17.3. The van der Waals surface area contributed by atoms with E-state index in [1.807, 2.05) is 12.1 Å². The summed E-state index contributed by atoms with van der Waals surface area (Å²) in [7, 11) is 0. The molecule has 3 N–H and O–H groups in total. The third-order valence-corrected chi connectivity index (χ3v) is 13.7. The lowest BCUT2D eigenvalue weighted by atomic mass is 9.62. The third kappa shape index (κ3) is 8.87. The van der Waals surface area contributed by atoms with Crippen molar-refractivity contribution in [3.63, 3.8) is 0 Å². The smallest absolute Gasteiger partial charge is 0.348 e. The number of rotatable bonds is 16. The van der Waals surface area contributed by atoms with Crippen LogP contribution < -0.4 is 10.6 Å². The lowest BCUT2D eigenvalue weighted by Gasteiger charge is -2.48. The number of aliphatic hydroxyl groups excluding tert-OH is 1. The van der Waals surface area contributed by atoms with Crippen molar-refractivity contribution in [2.45, 2.75) is 147 Å². The van der Waals surface area contributed by atoms with Gasteiger partial charge >= 0.3 is 23.9 Å². The van der Waals surface area contributed by atoms with Gasteiger partial charge in [-0.15, -0.1) is 0 Å². The van der Waals surface area contributed by atoms with Gasteiger partial charge in [0, 0.05) is 48.3 Å². The lowest BCUT2D eigenvalue weighted by molar-refractivity contribution is -0.235. The molecule has 2 bridgehead atoms. The van der Waals surface area contributed by atoms with Gasteiger partial charge in [0.05, 0.1) is 19.2 Å². The maximum Gasteiger partial charge on any atom is 0.348 e. The van der Waals surface area contributed by atoms with E-state index in [-0.39, 0.29) is 63.0 Å². The van der Waals surface area contributed by atoms with Crippen molar-refractivity contribution in [2.75, 3.05) is 13.2 Å². The highest BCUT2D eigenvalue weighted by Gasteiger charge is 2.78. The summed E-state index contributed by atoms with van der Waals surface area (Å²) in [6, 6.07) is 12.0. The minimum absolute atomic E-state index is 0.00194. The summed E-state index contributed by atoms with van der Waals surface area (Å²) in [5.41, 5.74) is -0.648. The van der Waals surface area contributed by atoms with Crippen LogP contribution in [0.15, 0.2) is 54.6 Å². The average Bonchev–Trinajstić information content (AvgIpc) is 4.22. The van der Waals surface area contributed by atoms with E-state index < -0.39 is 101 Å². The molecule has 0 spiro atoms. The number of ether oxygens (including phenoxy) is 6. The number of benzene rings is 2. The van der Waals surface area contributed by atoms with E-state index in [1.165, 1.54) is 11.1 Å². The normalized spacial score (nSPS) is 30.0. The predicted molar refractivity (Wildman–Crippen MR) is 231 cm³/mol. The molecule has 3 saturated carbocycles. The number of carbonyl (C=O) groups is 6. The molecule has 3 aliphatic carbocycles. The van der Waals surface area contributed by atoms with E-state index in [1.54, 1.807) is 77.1 Å². The Labute approximate surface area is 383 Å². The first-order valence-corrected chi connectivity index (χ1v) is 23.0. The Balaban J connectivity index is 0.945. The van der Waals surface area contributed by atoms with Crippen LogP contribution in [0.3, 0.4) is 0 Å². The fraction of sp³-hybridized carbons (Fsp3) is 0.592. The lowest BCUT2D eigenvalue weighted by Crippen LogP contribution is -2.69. The summed E-state index contributed by atoms with van der Waals surface area (Å²) in [5.74, 6) is -3.75. The van der Waals surface area contributed by atoms with Crippen LogP contribution in [-0.2, 0) is 70.3 Å². The van der Waals surface area contributed by atoms with E-state index in [0.717, 1.165) is 25.7 Å². The fourth-order valence-corrected chi connectivity index (χ4v) is 10.3. The molecule has 7 fully saturated rings. The molecule has 7 aliphatic rings. The molecule has 17 heteroatoms. The number of nitrogens with zero attached hydrogens (tertiary/aromatic N) is 1.